The maximum atomic E-state index is 13.1. The molecule has 4 aromatic rings. The summed E-state index contributed by atoms with van der Waals surface area (Å²) in [6, 6.07) is 13.2. The zero-order chi connectivity index (χ0) is 22.5. The molecule has 4 rings (SSSR count). The zero-order valence-corrected chi connectivity index (χ0v) is 18.3. The molecule has 32 heavy (non-hydrogen) atoms. The van der Waals surface area contributed by atoms with Gasteiger partial charge in [0.2, 0.25) is 11.9 Å². The molecule has 0 fully saturated rings. The van der Waals surface area contributed by atoms with Gasteiger partial charge in [0.05, 0.1) is 16.7 Å². The third kappa shape index (κ3) is 5.02. The molecule has 0 spiro atoms. The number of unbranched alkanes of at least 4 members (excludes halogenated alkanes) is 1. The van der Waals surface area contributed by atoms with Crippen LogP contribution in [0.1, 0.15) is 25.6 Å². The molecule has 164 valence electrons. The Morgan fingerprint density at radius 1 is 1.06 bits per heavy atom. The number of para-hydroxylation sites is 1. The number of hydrogen-bond donors (Lipinski definition) is 2. The van der Waals surface area contributed by atoms with Gasteiger partial charge in [-0.05, 0) is 42.8 Å². The van der Waals surface area contributed by atoms with Crippen LogP contribution in [-0.2, 0) is 12.3 Å². The summed E-state index contributed by atoms with van der Waals surface area (Å²) in [6.45, 7) is 2.67. The normalized spacial score (nSPS) is 11.1. The van der Waals surface area contributed by atoms with E-state index in [0.717, 1.165) is 12.8 Å². The molecule has 10 heteroatoms. The van der Waals surface area contributed by atoms with Gasteiger partial charge in [0.15, 0.2) is 5.16 Å². The van der Waals surface area contributed by atoms with E-state index in [9.17, 15) is 9.18 Å². The number of nitrogens with two attached hydrogens (primary N) is 1. The average Bonchev–Trinajstić information content (AvgIpc) is 2.78. The predicted octanol–water partition coefficient (Wildman–Crippen LogP) is 4.14. The fourth-order valence-corrected chi connectivity index (χ4v) is 4.00. The lowest BCUT2D eigenvalue weighted by Gasteiger charge is -2.13. The number of thioether (sulfide) groups is 1. The molecular weight excluding hydrogens is 429 g/mol. The van der Waals surface area contributed by atoms with Gasteiger partial charge in [0.25, 0.3) is 5.56 Å². The first kappa shape index (κ1) is 21.7. The van der Waals surface area contributed by atoms with Gasteiger partial charge in [0, 0.05) is 12.2 Å². The van der Waals surface area contributed by atoms with Crippen LogP contribution in [0.25, 0.3) is 10.9 Å². The van der Waals surface area contributed by atoms with E-state index < -0.39 is 0 Å². The second kappa shape index (κ2) is 9.73. The highest BCUT2D eigenvalue weighted by Gasteiger charge is 2.13. The van der Waals surface area contributed by atoms with Crippen molar-refractivity contribution in [3.8, 4) is 0 Å². The second-order valence-electron chi connectivity index (χ2n) is 7.08. The summed E-state index contributed by atoms with van der Waals surface area (Å²) in [7, 11) is 0. The van der Waals surface area contributed by atoms with E-state index in [0.29, 0.717) is 39.9 Å². The summed E-state index contributed by atoms with van der Waals surface area (Å²) >= 11 is 1.37. The first-order chi connectivity index (χ1) is 15.5. The fourth-order valence-electron chi connectivity index (χ4n) is 3.12. The Morgan fingerprint density at radius 2 is 1.84 bits per heavy atom. The maximum absolute atomic E-state index is 13.1. The summed E-state index contributed by atoms with van der Waals surface area (Å²) in [5, 5.41) is 4.20. The van der Waals surface area contributed by atoms with Gasteiger partial charge in [-0.25, -0.2) is 9.37 Å². The third-order valence-electron chi connectivity index (χ3n) is 4.69. The number of anilines is 3. The standard InChI is InChI=1S/C22H22FN7OS/c1-2-3-12-30-19(31)16-6-4-5-7-17(16)26-22(30)32-13-18-27-20(24)29-21(28-18)25-15-10-8-14(23)9-11-15/h4-11H,2-3,12-13H2,1H3,(H3,24,25,27,28,29). The van der Waals surface area contributed by atoms with Crippen LogP contribution in [0.3, 0.4) is 0 Å². The van der Waals surface area contributed by atoms with Gasteiger partial charge in [-0.3, -0.25) is 9.36 Å². The van der Waals surface area contributed by atoms with Gasteiger partial charge in [-0.2, -0.15) is 15.0 Å². The number of nitrogens with zero attached hydrogens (tertiary/aromatic N) is 5. The molecule has 0 atom stereocenters. The number of nitrogen functional groups attached to an aromatic ring is 1. The minimum Gasteiger partial charge on any atom is -0.368 e. The van der Waals surface area contributed by atoms with Crippen molar-refractivity contribution in [3.63, 3.8) is 0 Å². The Labute approximate surface area is 188 Å². The second-order valence-corrected chi connectivity index (χ2v) is 8.02. The molecule has 0 saturated heterocycles. The molecule has 2 heterocycles. The number of hydrogen-bond acceptors (Lipinski definition) is 8. The van der Waals surface area contributed by atoms with E-state index in [4.69, 9.17) is 10.7 Å². The Hall–Kier alpha value is -3.53. The number of halogens is 1. The summed E-state index contributed by atoms with van der Waals surface area (Å²) in [5.41, 5.74) is 7.08. The van der Waals surface area contributed by atoms with Crippen molar-refractivity contribution in [3.05, 3.63) is 70.5 Å². The van der Waals surface area contributed by atoms with E-state index in [1.807, 2.05) is 18.2 Å². The molecule has 0 amide bonds. The summed E-state index contributed by atoms with van der Waals surface area (Å²) in [6.07, 6.45) is 1.84. The highest BCUT2D eigenvalue weighted by atomic mass is 32.2. The Bertz CT molecular complexity index is 1290. The molecule has 0 bridgehead atoms. The molecule has 2 aromatic carbocycles. The molecule has 0 radical (unpaired) electrons. The van der Waals surface area contributed by atoms with E-state index in [1.54, 1.807) is 22.8 Å². The van der Waals surface area contributed by atoms with Crippen molar-refractivity contribution in [2.75, 3.05) is 11.1 Å². The number of fused-ring (bicyclic) bond motifs is 1. The Morgan fingerprint density at radius 3 is 2.62 bits per heavy atom. The first-order valence-corrected chi connectivity index (χ1v) is 11.2. The zero-order valence-electron chi connectivity index (χ0n) is 17.5. The predicted molar refractivity (Wildman–Crippen MR) is 124 cm³/mol. The van der Waals surface area contributed by atoms with Crippen molar-refractivity contribution in [1.82, 2.24) is 24.5 Å². The number of aromatic nitrogens is 5. The van der Waals surface area contributed by atoms with Crippen LogP contribution in [0.2, 0.25) is 0 Å². The van der Waals surface area contributed by atoms with Crippen molar-refractivity contribution in [2.24, 2.45) is 0 Å². The average molecular weight is 452 g/mol. The van der Waals surface area contributed by atoms with E-state index in [1.165, 1.54) is 23.9 Å². The van der Waals surface area contributed by atoms with Crippen LogP contribution in [-0.4, -0.2) is 24.5 Å². The van der Waals surface area contributed by atoms with Crippen molar-refractivity contribution in [2.45, 2.75) is 37.2 Å². The summed E-state index contributed by atoms with van der Waals surface area (Å²) in [4.78, 5) is 30.4. The van der Waals surface area contributed by atoms with Crippen LogP contribution in [0.5, 0.6) is 0 Å². The topological polar surface area (TPSA) is 112 Å². The fraction of sp³-hybridized carbons (Fsp3) is 0.227. The van der Waals surface area contributed by atoms with Crippen LogP contribution >= 0.6 is 11.8 Å². The monoisotopic (exact) mass is 451 g/mol. The highest BCUT2D eigenvalue weighted by Crippen LogP contribution is 2.22. The van der Waals surface area contributed by atoms with Gasteiger partial charge in [-0.15, -0.1) is 0 Å². The Kier molecular flexibility index (Phi) is 6.60. The first-order valence-electron chi connectivity index (χ1n) is 10.2. The number of nitrogens with one attached hydrogen (secondary N) is 1. The van der Waals surface area contributed by atoms with Crippen LogP contribution < -0.4 is 16.6 Å². The van der Waals surface area contributed by atoms with E-state index >= 15 is 0 Å². The summed E-state index contributed by atoms with van der Waals surface area (Å²) in [5.74, 6) is 0.780. The highest BCUT2D eigenvalue weighted by molar-refractivity contribution is 7.98. The molecule has 0 aliphatic heterocycles. The van der Waals surface area contributed by atoms with E-state index in [-0.39, 0.29) is 23.3 Å². The van der Waals surface area contributed by atoms with Crippen LogP contribution in [0.15, 0.2) is 58.5 Å². The summed E-state index contributed by atoms with van der Waals surface area (Å²) < 4.78 is 14.8. The lowest BCUT2D eigenvalue weighted by molar-refractivity contribution is 0.557. The van der Waals surface area contributed by atoms with Crippen molar-refractivity contribution >= 4 is 40.2 Å². The van der Waals surface area contributed by atoms with Gasteiger partial charge < -0.3 is 11.1 Å². The van der Waals surface area contributed by atoms with Gasteiger partial charge in [0.1, 0.15) is 11.6 Å². The molecule has 3 N–H and O–H groups in total. The van der Waals surface area contributed by atoms with Crippen LogP contribution in [0, 0.1) is 5.82 Å². The largest absolute Gasteiger partial charge is 0.368 e. The quantitative estimate of drug-likeness (QED) is 0.304. The molecule has 0 aliphatic rings. The molecule has 0 unspecified atom stereocenters. The SMILES string of the molecule is CCCCn1c(SCc2nc(N)nc(Nc3ccc(F)cc3)n2)nc2ccccc2c1=O. The van der Waals surface area contributed by atoms with Gasteiger partial charge >= 0.3 is 0 Å². The minimum atomic E-state index is -0.334. The molecule has 0 saturated carbocycles. The van der Waals surface area contributed by atoms with Crippen LogP contribution in [0.4, 0.5) is 22.0 Å². The van der Waals surface area contributed by atoms with Crippen molar-refractivity contribution < 1.29 is 4.39 Å². The lowest BCUT2D eigenvalue weighted by atomic mass is 10.2. The number of rotatable bonds is 8. The smallest absolute Gasteiger partial charge is 0.262 e. The molecule has 8 nitrogen and oxygen atoms in total. The lowest BCUT2D eigenvalue weighted by Crippen LogP contribution is -2.23. The molecule has 2 aromatic heterocycles. The molecular formula is C22H22FN7OS. The molecule has 0 aliphatic carbocycles. The van der Waals surface area contributed by atoms with Crippen molar-refractivity contribution in [1.29, 1.82) is 0 Å². The van der Waals surface area contributed by atoms with Gasteiger partial charge in [-0.1, -0.05) is 37.2 Å². The minimum absolute atomic E-state index is 0.0552. The maximum Gasteiger partial charge on any atom is 0.262 e. The van der Waals surface area contributed by atoms with E-state index in [2.05, 4.69) is 27.2 Å². The number of benzene rings is 2. The Balaban J connectivity index is 1.59. The third-order valence-corrected chi connectivity index (χ3v) is 5.66.